The number of hydrogen-bond donors (Lipinski definition) is 2. The highest BCUT2D eigenvalue weighted by molar-refractivity contribution is 9.11. The molecule has 0 heterocycles. The maximum absolute atomic E-state index is 11.8. The van der Waals surface area contributed by atoms with Crippen molar-refractivity contribution in [3.63, 3.8) is 0 Å². The molecule has 0 atom stereocenters. The first-order valence-electron chi connectivity index (χ1n) is 6.84. The first kappa shape index (κ1) is 19.0. The van der Waals surface area contributed by atoms with Crippen molar-refractivity contribution in [2.45, 2.75) is 0 Å². The summed E-state index contributed by atoms with van der Waals surface area (Å²) >= 11 is 10.2. The Bertz CT molecular complexity index is 766. The highest BCUT2D eigenvalue weighted by Gasteiger charge is 2.07. The van der Waals surface area contributed by atoms with Crippen molar-refractivity contribution >= 4 is 65.6 Å². The second kappa shape index (κ2) is 9.19. The number of ether oxygens (including phenoxy) is 1. The molecular formula is C16H14Br3N3O2. The molecule has 2 rings (SSSR count). The lowest BCUT2D eigenvalue weighted by Gasteiger charge is -2.08. The molecule has 2 N–H and O–H groups in total. The highest BCUT2D eigenvalue weighted by atomic mass is 79.9. The summed E-state index contributed by atoms with van der Waals surface area (Å²) in [5.74, 6) is 0.391. The molecule has 0 bridgehead atoms. The van der Waals surface area contributed by atoms with Crippen LogP contribution >= 0.6 is 47.8 Å². The fourth-order valence-electron chi connectivity index (χ4n) is 1.89. The van der Waals surface area contributed by atoms with Crippen LogP contribution in [0.1, 0.15) is 5.56 Å². The van der Waals surface area contributed by atoms with Crippen LogP contribution in [0.5, 0.6) is 5.75 Å². The van der Waals surface area contributed by atoms with Gasteiger partial charge in [-0.3, -0.25) is 4.79 Å². The van der Waals surface area contributed by atoms with Gasteiger partial charge in [0.1, 0.15) is 5.75 Å². The Morgan fingerprint density at radius 1 is 1.21 bits per heavy atom. The lowest BCUT2D eigenvalue weighted by molar-refractivity contribution is -0.119. The van der Waals surface area contributed by atoms with E-state index in [9.17, 15) is 4.79 Å². The summed E-state index contributed by atoms with van der Waals surface area (Å²) in [5.41, 5.74) is 4.06. The molecule has 0 spiro atoms. The molecule has 0 aliphatic heterocycles. The zero-order chi connectivity index (χ0) is 17.5. The number of amides is 1. The maximum Gasteiger partial charge on any atom is 0.259 e. The van der Waals surface area contributed by atoms with E-state index in [0.29, 0.717) is 5.75 Å². The standard InChI is InChI=1S/C16H14Br3N3O2/c1-24-16-10(5-12(18)7-14(16)19)8-21-22-15(23)9-20-13-4-2-3-11(17)6-13/h2-8,20H,9H2,1H3,(H,22,23). The van der Waals surface area contributed by atoms with Crippen molar-refractivity contribution in [2.24, 2.45) is 5.10 Å². The molecule has 2 aromatic carbocycles. The number of carbonyl (C=O) groups excluding carboxylic acids is 1. The van der Waals surface area contributed by atoms with E-state index in [-0.39, 0.29) is 12.5 Å². The van der Waals surface area contributed by atoms with E-state index >= 15 is 0 Å². The van der Waals surface area contributed by atoms with Crippen LogP contribution in [0.15, 0.2) is 54.9 Å². The quantitative estimate of drug-likeness (QED) is 0.435. The minimum Gasteiger partial charge on any atom is -0.495 e. The van der Waals surface area contributed by atoms with E-state index in [1.165, 1.54) is 6.21 Å². The number of halogens is 3. The summed E-state index contributed by atoms with van der Waals surface area (Å²) in [6.07, 6.45) is 1.53. The number of benzene rings is 2. The molecule has 5 nitrogen and oxygen atoms in total. The number of rotatable bonds is 6. The number of hydrogen-bond acceptors (Lipinski definition) is 4. The summed E-state index contributed by atoms with van der Waals surface area (Å²) in [4.78, 5) is 11.8. The molecule has 0 aliphatic carbocycles. The largest absolute Gasteiger partial charge is 0.495 e. The third-order valence-corrected chi connectivity index (χ3v) is 4.45. The first-order chi connectivity index (χ1) is 11.5. The van der Waals surface area contributed by atoms with Gasteiger partial charge in [0.15, 0.2) is 0 Å². The fourth-order valence-corrected chi connectivity index (χ4v) is 3.71. The van der Waals surface area contributed by atoms with Gasteiger partial charge in [0, 0.05) is 20.2 Å². The average Bonchev–Trinajstić information content (AvgIpc) is 2.53. The van der Waals surface area contributed by atoms with E-state index in [4.69, 9.17) is 4.74 Å². The molecule has 0 fully saturated rings. The molecule has 126 valence electrons. The summed E-state index contributed by atoms with van der Waals surface area (Å²) in [6.45, 7) is 0.118. The smallest absolute Gasteiger partial charge is 0.259 e. The van der Waals surface area contributed by atoms with Crippen LogP contribution in [0.3, 0.4) is 0 Å². The lowest BCUT2D eigenvalue weighted by Crippen LogP contribution is -2.25. The van der Waals surface area contributed by atoms with Gasteiger partial charge in [-0.05, 0) is 46.3 Å². The van der Waals surface area contributed by atoms with E-state index in [2.05, 4.69) is 63.6 Å². The topological polar surface area (TPSA) is 62.7 Å². The monoisotopic (exact) mass is 517 g/mol. The van der Waals surface area contributed by atoms with E-state index in [0.717, 1.165) is 24.7 Å². The zero-order valence-corrected chi connectivity index (χ0v) is 17.4. The number of hydrazone groups is 1. The van der Waals surface area contributed by atoms with Crippen molar-refractivity contribution in [3.8, 4) is 5.75 Å². The van der Waals surface area contributed by atoms with Gasteiger partial charge >= 0.3 is 0 Å². The van der Waals surface area contributed by atoms with Gasteiger partial charge in [-0.2, -0.15) is 5.10 Å². The number of nitrogens with zero attached hydrogens (tertiary/aromatic N) is 1. The van der Waals surface area contributed by atoms with Crippen molar-refractivity contribution < 1.29 is 9.53 Å². The highest BCUT2D eigenvalue weighted by Crippen LogP contribution is 2.31. The third kappa shape index (κ3) is 5.61. The second-order valence-electron chi connectivity index (χ2n) is 4.67. The van der Waals surface area contributed by atoms with E-state index < -0.39 is 0 Å². The number of nitrogens with one attached hydrogen (secondary N) is 2. The molecule has 8 heteroatoms. The first-order valence-corrected chi connectivity index (χ1v) is 9.22. The third-order valence-electron chi connectivity index (χ3n) is 2.91. The Morgan fingerprint density at radius 3 is 2.71 bits per heavy atom. The second-order valence-corrected chi connectivity index (χ2v) is 7.35. The number of carbonyl (C=O) groups is 1. The van der Waals surface area contributed by atoms with Gasteiger partial charge in [0.05, 0.1) is 24.3 Å². The molecular weight excluding hydrogens is 506 g/mol. The Morgan fingerprint density at radius 2 is 2.00 bits per heavy atom. The van der Waals surface area contributed by atoms with Crippen molar-refractivity contribution in [1.29, 1.82) is 0 Å². The molecule has 24 heavy (non-hydrogen) atoms. The molecule has 0 aromatic heterocycles. The molecule has 0 aliphatic rings. The molecule has 0 unspecified atom stereocenters. The minimum absolute atomic E-state index is 0.118. The fraction of sp³-hybridized carbons (Fsp3) is 0.125. The molecule has 0 saturated carbocycles. The molecule has 1 amide bonds. The zero-order valence-electron chi connectivity index (χ0n) is 12.6. The summed E-state index contributed by atoms with van der Waals surface area (Å²) in [5, 5.41) is 6.99. The Balaban J connectivity index is 1.93. The summed E-state index contributed by atoms with van der Waals surface area (Å²) < 4.78 is 7.93. The predicted molar refractivity (Wildman–Crippen MR) is 107 cm³/mol. The van der Waals surface area contributed by atoms with Crippen molar-refractivity contribution in [3.05, 3.63) is 55.4 Å². The van der Waals surface area contributed by atoms with Crippen molar-refractivity contribution in [2.75, 3.05) is 19.0 Å². The maximum atomic E-state index is 11.8. The van der Waals surface area contributed by atoms with Crippen LogP contribution in [-0.4, -0.2) is 25.8 Å². The summed E-state index contributed by atoms with van der Waals surface area (Å²) in [7, 11) is 1.58. The SMILES string of the molecule is COc1c(Br)cc(Br)cc1C=NNC(=O)CNc1cccc(Br)c1. The van der Waals surface area contributed by atoms with Crippen LogP contribution in [0, 0.1) is 0 Å². The Hall–Kier alpha value is -1.38. The lowest BCUT2D eigenvalue weighted by atomic mass is 10.2. The van der Waals surface area contributed by atoms with Crippen LogP contribution < -0.4 is 15.5 Å². The predicted octanol–water partition coefficient (Wildman–Crippen LogP) is 4.54. The molecule has 2 aromatic rings. The van der Waals surface area contributed by atoms with Gasteiger partial charge in [0.2, 0.25) is 0 Å². The van der Waals surface area contributed by atoms with Gasteiger partial charge in [-0.1, -0.05) is 37.9 Å². The van der Waals surface area contributed by atoms with Gasteiger partial charge in [0.25, 0.3) is 5.91 Å². The number of methoxy groups -OCH3 is 1. The van der Waals surface area contributed by atoms with Gasteiger partial charge in [-0.25, -0.2) is 5.43 Å². The molecule has 0 radical (unpaired) electrons. The van der Waals surface area contributed by atoms with Gasteiger partial charge < -0.3 is 10.1 Å². The number of anilines is 1. The minimum atomic E-state index is -0.251. The van der Waals surface area contributed by atoms with Crippen LogP contribution in [-0.2, 0) is 4.79 Å². The van der Waals surface area contributed by atoms with Crippen LogP contribution in [0.4, 0.5) is 5.69 Å². The van der Waals surface area contributed by atoms with Crippen LogP contribution in [0.25, 0.3) is 0 Å². The molecule has 0 saturated heterocycles. The average molecular weight is 520 g/mol. The van der Waals surface area contributed by atoms with E-state index in [1.54, 1.807) is 7.11 Å². The summed E-state index contributed by atoms with van der Waals surface area (Å²) in [6, 6.07) is 11.3. The normalized spacial score (nSPS) is 10.7. The Labute approximate surface area is 165 Å². The van der Waals surface area contributed by atoms with Crippen molar-refractivity contribution in [1.82, 2.24) is 5.43 Å². The van der Waals surface area contributed by atoms with Crippen LogP contribution in [0.2, 0.25) is 0 Å². The van der Waals surface area contributed by atoms with Gasteiger partial charge in [-0.15, -0.1) is 0 Å². The Kier molecular flexibility index (Phi) is 7.26. The van der Waals surface area contributed by atoms with E-state index in [1.807, 2.05) is 36.4 Å².